The van der Waals surface area contributed by atoms with Crippen molar-refractivity contribution in [1.29, 1.82) is 0 Å². The highest BCUT2D eigenvalue weighted by Gasteiger charge is 2.08. The van der Waals surface area contributed by atoms with Crippen LogP contribution in [0.5, 0.6) is 0 Å². The lowest BCUT2D eigenvalue weighted by Crippen LogP contribution is -2.24. The second-order valence-electron chi connectivity index (χ2n) is 7.03. The van der Waals surface area contributed by atoms with Crippen LogP contribution in [0.3, 0.4) is 0 Å². The molecule has 2 N–H and O–H groups in total. The number of sulfonamides is 1. The average molecular weight is 456 g/mol. The minimum absolute atomic E-state index is 0.177. The number of aryl methyl sites for hydroxylation is 2. The highest BCUT2D eigenvalue weighted by Crippen LogP contribution is 2.14. The van der Waals surface area contributed by atoms with Gasteiger partial charge in [-0.2, -0.15) is 0 Å². The first kappa shape index (κ1) is 22.7. The fourth-order valence-electron chi connectivity index (χ4n) is 2.84. The Morgan fingerprint density at radius 2 is 1.81 bits per heavy atom. The molecule has 162 valence electrons. The van der Waals surface area contributed by atoms with Crippen molar-refractivity contribution in [3.8, 4) is 0 Å². The van der Waals surface area contributed by atoms with E-state index < -0.39 is 10.0 Å². The largest absolute Gasteiger partial charge is 0.352 e. The van der Waals surface area contributed by atoms with Crippen LogP contribution in [0.2, 0.25) is 0 Å². The van der Waals surface area contributed by atoms with Gasteiger partial charge in [0.05, 0.1) is 10.4 Å². The third-order valence-electron chi connectivity index (χ3n) is 4.42. The summed E-state index contributed by atoms with van der Waals surface area (Å²) in [5, 5.41) is 7.18. The van der Waals surface area contributed by atoms with E-state index in [9.17, 15) is 13.2 Å². The zero-order chi connectivity index (χ0) is 22.1. The van der Waals surface area contributed by atoms with E-state index in [2.05, 4.69) is 15.0 Å². The molecule has 0 aliphatic rings. The summed E-state index contributed by atoms with van der Waals surface area (Å²) in [7, 11) is -3.64. The van der Waals surface area contributed by atoms with E-state index in [1.807, 2.05) is 42.6 Å². The number of aromatic nitrogens is 1. The molecule has 0 radical (unpaired) electrons. The summed E-state index contributed by atoms with van der Waals surface area (Å²) in [5.41, 5.74) is 2.72. The third-order valence-corrected chi connectivity index (χ3v) is 6.46. The Morgan fingerprint density at radius 1 is 1.06 bits per heavy atom. The van der Waals surface area contributed by atoms with Crippen LogP contribution >= 0.6 is 11.3 Å². The Bertz CT molecular complexity index is 1120. The molecule has 1 amide bonds. The molecular weight excluding hydrogens is 430 g/mol. The number of nitrogens with zero attached hydrogens (tertiary/aromatic N) is 1. The molecule has 0 aliphatic heterocycles. The van der Waals surface area contributed by atoms with E-state index in [-0.39, 0.29) is 5.91 Å². The number of anilines is 1. The summed E-state index contributed by atoms with van der Waals surface area (Å²) < 4.78 is 26.9. The number of nitrogens with one attached hydrogen (secondary N) is 2. The lowest BCUT2D eigenvalue weighted by molar-refractivity contribution is 0.0953. The highest BCUT2D eigenvalue weighted by molar-refractivity contribution is 7.95. The van der Waals surface area contributed by atoms with Crippen LogP contribution in [-0.2, 0) is 16.4 Å². The molecule has 1 heterocycles. The average Bonchev–Trinajstić information content (AvgIpc) is 3.18. The summed E-state index contributed by atoms with van der Waals surface area (Å²) in [6.07, 6.45) is 4.28. The van der Waals surface area contributed by atoms with Gasteiger partial charge in [-0.3, -0.25) is 9.52 Å². The highest BCUT2D eigenvalue weighted by atomic mass is 32.2. The third kappa shape index (κ3) is 7.66. The van der Waals surface area contributed by atoms with Gasteiger partial charge in [-0.15, -0.1) is 11.3 Å². The van der Waals surface area contributed by atoms with E-state index in [0.717, 1.165) is 40.9 Å². The molecule has 1 aromatic heterocycles. The van der Waals surface area contributed by atoms with E-state index in [4.69, 9.17) is 0 Å². The van der Waals surface area contributed by atoms with Gasteiger partial charge in [0.15, 0.2) is 0 Å². The molecule has 0 saturated heterocycles. The Balaban J connectivity index is 1.44. The van der Waals surface area contributed by atoms with Gasteiger partial charge in [-0.05, 0) is 62.1 Å². The number of thiazole rings is 1. The van der Waals surface area contributed by atoms with Crippen molar-refractivity contribution in [2.75, 3.05) is 11.3 Å². The number of benzene rings is 2. The molecule has 0 aliphatic carbocycles. The van der Waals surface area contributed by atoms with Gasteiger partial charge >= 0.3 is 0 Å². The zero-order valence-electron chi connectivity index (χ0n) is 17.2. The summed E-state index contributed by atoms with van der Waals surface area (Å²) in [4.78, 5) is 16.7. The van der Waals surface area contributed by atoms with Crippen molar-refractivity contribution in [3.05, 3.63) is 87.2 Å². The Hall–Kier alpha value is -2.97. The van der Waals surface area contributed by atoms with Crippen LogP contribution in [0, 0.1) is 6.92 Å². The fraction of sp³-hybridized carbons (Fsp3) is 0.217. The van der Waals surface area contributed by atoms with Gasteiger partial charge in [-0.1, -0.05) is 30.3 Å². The molecule has 3 rings (SSSR count). The van der Waals surface area contributed by atoms with Gasteiger partial charge in [0.2, 0.25) is 0 Å². The minimum Gasteiger partial charge on any atom is -0.352 e. The number of unbranched alkanes of at least 4 members (excludes halogenated alkanes) is 1. The first-order chi connectivity index (χ1) is 14.9. The van der Waals surface area contributed by atoms with Crippen molar-refractivity contribution in [3.63, 3.8) is 0 Å². The van der Waals surface area contributed by atoms with Gasteiger partial charge in [0, 0.05) is 28.9 Å². The van der Waals surface area contributed by atoms with Crippen molar-refractivity contribution >= 4 is 39.0 Å². The van der Waals surface area contributed by atoms with Gasteiger partial charge < -0.3 is 5.32 Å². The van der Waals surface area contributed by atoms with Crippen LogP contribution in [0.15, 0.2) is 65.4 Å². The molecule has 0 spiro atoms. The molecular formula is C23H25N3O3S2. The number of carbonyl (C=O) groups excluding carboxylic acids is 1. The van der Waals surface area contributed by atoms with Gasteiger partial charge in [-0.25, -0.2) is 13.4 Å². The molecule has 2 aromatic carbocycles. The number of rotatable bonds is 10. The first-order valence-corrected chi connectivity index (χ1v) is 12.4. The Labute approximate surface area is 187 Å². The first-order valence-electron chi connectivity index (χ1n) is 9.96. The molecule has 6 nitrogen and oxygen atoms in total. The Morgan fingerprint density at radius 3 is 2.48 bits per heavy atom. The smallest absolute Gasteiger partial charge is 0.255 e. The second kappa shape index (κ2) is 10.9. The van der Waals surface area contributed by atoms with E-state index in [1.54, 1.807) is 35.6 Å². The maximum Gasteiger partial charge on any atom is 0.255 e. The van der Waals surface area contributed by atoms with Gasteiger partial charge in [0.25, 0.3) is 15.9 Å². The maximum atomic E-state index is 12.3. The SMILES string of the molecule is Cc1csc(CCCCNC(=O)c2ccc(NS(=O)(=O)/C=C/c3ccccc3)cc2)n1. The molecule has 8 heteroatoms. The summed E-state index contributed by atoms with van der Waals surface area (Å²) >= 11 is 1.67. The predicted octanol–water partition coefficient (Wildman–Crippen LogP) is 4.62. The Kier molecular flexibility index (Phi) is 7.97. The zero-order valence-corrected chi connectivity index (χ0v) is 18.9. The monoisotopic (exact) mass is 455 g/mol. The van der Waals surface area contributed by atoms with Crippen LogP contribution in [0.25, 0.3) is 6.08 Å². The lowest BCUT2D eigenvalue weighted by atomic mass is 10.2. The molecule has 0 bridgehead atoms. The number of amides is 1. The number of hydrogen-bond acceptors (Lipinski definition) is 5. The van der Waals surface area contributed by atoms with Crippen molar-refractivity contribution in [2.24, 2.45) is 0 Å². The molecule has 31 heavy (non-hydrogen) atoms. The maximum absolute atomic E-state index is 12.3. The van der Waals surface area contributed by atoms with Crippen molar-refractivity contribution in [2.45, 2.75) is 26.2 Å². The predicted molar refractivity (Wildman–Crippen MR) is 127 cm³/mol. The van der Waals surface area contributed by atoms with Crippen LogP contribution in [0.4, 0.5) is 5.69 Å². The van der Waals surface area contributed by atoms with Crippen LogP contribution < -0.4 is 10.0 Å². The van der Waals surface area contributed by atoms with E-state index >= 15 is 0 Å². The standard InChI is InChI=1S/C23H25N3O3S2/c1-18-17-30-22(25-18)9-5-6-15-24-23(27)20-10-12-21(13-11-20)26-31(28,29)16-14-19-7-3-2-4-8-19/h2-4,7-8,10-14,16-17,26H,5-6,9,15H2,1H3,(H,24,27)/b16-14+. The second-order valence-corrected chi connectivity index (χ2v) is 9.54. The van der Waals surface area contributed by atoms with E-state index in [1.165, 1.54) is 6.08 Å². The summed E-state index contributed by atoms with van der Waals surface area (Å²) in [5.74, 6) is -0.177. The molecule has 0 atom stereocenters. The fourth-order valence-corrected chi connectivity index (χ4v) is 4.53. The normalized spacial score (nSPS) is 11.5. The van der Waals surface area contributed by atoms with Gasteiger partial charge in [0.1, 0.15) is 0 Å². The topological polar surface area (TPSA) is 88.2 Å². The number of hydrogen-bond donors (Lipinski definition) is 2. The molecule has 0 saturated carbocycles. The number of carbonyl (C=O) groups is 1. The molecule has 3 aromatic rings. The van der Waals surface area contributed by atoms with Crippen LogP contribution in [-0.4, -0.2) is 25.9 Å². The summed E-state index contributed by atoms with van der Waals surface area (Å²) in [6.45, 7) is 2.57. The lowest BCUT2D eigenvalue weighted by Gasteiger charge is -2.07. The van der Waals surface area contributed by atoms with Crippen molar-refractivity contribution in [1.82, 2.24) is 10.3 Å². The summed E-state index contributed by atoms with van der Waals surface area (Å²) in [6, 6.07) is 15.5. The van der Waals surface area contributed by atoms with E-state index in [0.29, 0.717) is 17.8 Å². The quantitative estimate of drug-likeness (QED) is 0.437. The van der Waals surface area contributed by atoms with Crippen molar-refractivity contribution < 1.29 is 13.2 Å². The van der Waals surface area contributed by atoms with Crippen LogP contribution in [0.1, 0.15) is 39.5 Å². The minimum atomic E-state index is -3.64. The molecule has 0 unspecified atom stereocenters. The molecule has 0 fully saturated rings.